The summed E-state index contributed by atoms with van der Waals surface area (Å²) >= 11 is 0. The number of carbonyl (C=O) groups excluding carboxylic acids is 2. The van der Waals surface area contributed by atoms with Gasteiger partial charge in [-0.1, -0.05) is 298 Å². The standard InChI is InChI=1S/C77H139N2O7P/c1-7-10-13-16-19-22-25-28-30-32-34-36-37-38-39-40-41-43-44-46-48-51-54-57-60-63-66-69-76(80)78-74(73-85-87(82,83)84-72-71-79(4,5)6)75(68-65-62-59-56-53-50-27-24-21-18-15-12-9-3)86-77(81)70-67-64-61-58-55-52-49-47-45-42-35-33-31-29-26-23-20-17-14-11-8-2/h19-20,22-23,28-31,34-36,42,47,49,65,68,74-75H,7-18,21,24-27,32-33,37-41,43-46,48,50-64,66-67,69-73H2,1-6H3,(H-,78,80,82,83)/p+1/b22-19-,23-20-,30-28-,31-29-,36-34-,42-35-,49-47-,68-65-. The molecule has 87 heavy (non-hydrogen) atoms. The van der Waals surface area contributed by atoms with E-state index in [1.54, 1.807) is 0 Å². The SMILES string of the molecule is CCCCC/C=C\C/C=C\C/C=C\C/C=C\CCCCCCCC(=O)OC(/C=C\CCCCCCCCCCCCC)C(COP(=O)(O)OCC[N+](C)(C)C)NC(=O)CCCCCCCCCCCCCCCC/C=C\C/C=C\C/C=C\CCCCC. The highest BCUT2D eigenvalue weighted by Gasteiger charge is 2.30. The normalized spacial score (nSPS) is 14.1. The molecule has 0 saturated heterocycles. The Morgan fingerprint density at radius 1 is 0.402 bits per heavy atom. The zero-order chi connectivity index (χ0) is 63.5. The summed E-state index contributed by atoms with van der Waals surface area (Å²) in [5.74, 6) is -0.521. The topological polar surface area (TPSA) is 111 Å². The molecule has 0 aromatic carbocycles. The molecule has 0 heterocycles. The number of phosphoric acid groups is 1. The first-order valence-electron chi connectivity index (χ1n) is 36.6. The number of hydrogen-bond donors (Lipinski definition) is 2. The Labute approximate surface area is 538 Å². The van der Waals surface area contributed by atoms with Gasteiger partial charge in [0.15, 0.2) is 0 Å². The number of nitrogens with one attached hydrogen (secondary N) is 1. The Balaban J connectivity index is 5.10. The van der Waals surface area contributed by atoms with Gasteiger partial charge in [-0.2, -0.15) is 0 Å². The maximum absolute atomic E-state index is 13.6. The van der Waals surface area contributed by atoms with E-state index >= 15 is 0 Å². The minimum atomic E-state index is -4.47. The average molecular weight is 1240 g/mol. The lowest BCUT2D eigenvalue weighted by Crippen LogP contribution is -2.47. The van der Waals surface area contributed by atoms with Crippen LogP contribution >= 0.6 is 7.82 Å². The van der Waals surface area contributed by atoms with Gasteiger partial charge in [-0.25, -0.2) is 4.57 Å². The first-order valence-corrected chi connectivity index (χ1v) is 38.1. The molecule has 0 aliphatic heterocycles. The fraction of sp³-hybridized carbons (Fsp3) is 0.766. The van der Waals surface area contributed by atoms with Gasteiger partial charge < -0.3 is 19.4 Å². The summed E-state index contributed by atoms with van der Waals surface area (Å²) in [6.45, 7) is 6.97. The number of likely N-dealkylation sites (N-methyl/N-ethyl adjacent to an activating group) is 1. The molecule has 0 aliphatic rings. The Morgan fingerprint density at radius 3 is 1.07 bits per heavy atom. The summed E-state index contributed by atoms with van der Waals surface area (Å²) in [6.07, 6.45) is 89.9. The summed E-state index contributed by atoms with van der Waals surface area (Å²) in [5, 5.41) is 3.07. The molecule has 9 nitrogen and oxygen atoms in total. The van der Waals surface area contributed by atoms with Crippen molar-refractivity contribution in [3.8, 4) is 0 Å². The Morgan fingerprint density at radius 2 is 0.701 bits per heavy atom. The van der Waals surface area contributed by atoms with E-state index in [1.807, 2.05) is 33.3 Å². The van der Waals surface area contributed by atoms with Crippen LogP contribution in [0, 0.1) is 0 Å². The lowest BCUT2D eigenvalue weighted by Gasteiger charge is -2.27. The van der Waals surface area contributed by atoms with Crippen molar-refractivity contribution in [2.75, 3.05) is 40.9 Å². The van der Waals surface area contributed by atoms with Crippen molar-refractivity contribution >= 4 is 19.7 Å². The fourth-order valence-corrected chi connectivity index (χ4v) is 11.1. The number of ether oxygens (including phenoxy) is 1. The summed E-state index contributed by atoms with van der Waals surface area (Å²) in [6, 6.07) is -0.863. The van der Waals surface area contributed by atoms with Crippen LogP contribution in [0.25, 0.3) is 0 Å². The van der Waals surface area contributed by atoms with Gasteiger partial charge in [-0.3, -0.25) is 18.6 Å². The van der Waals surface area contributed by atoms with Crippen LogP contribution in [-0.4, -0.2) is 74.3 Å². The summed E-state index contributed by atoms with van der Waals surface area (Å²) < 4.78 is 30.9. The van der Waals surface area contributed by atoms with Crippen molar-refractivity contribution in [1.82, 2.24) is 5.32 Å². The van der Waals surface area contributed by atoms with Crippen molar-refractivity contribution < 1.29 is 37.3 Å². The number of hydrogen-bond acceptors (Lipinski definition) is 6. The third kappa shape index (κ3) is 67.2. The van der Waals surface area contributed by atoms with Crippen LogP contribution in [-0.2, 0) is 27.9 Å². The van der Waals surface area contributed by atoms with E-state index in [0.29, 0.717) is 23.9 Å². The molecule has 3 atom stereocenters. The molecule has 504 valence electrons. The van der Waals surface area contributed by atoms with E-state index in [2.05, 4.69) is 111 Å². The van der Waals surface area contributed by atoms with Crippen LogP contribution in [0.3, 0.4) is 0 Å². The van der Waals surface area contributed by atoms with Gasteiger partial charge in [-0.15, -0.1) is 0 Å². The van der Waals surface area contributed by atoms with E-state index in [9.17, 15) is 19.0 Å². The molecule has 0 bridgehead atoms. The van der Waals surface area contributed by atoms with E-state index < -0.39 is 20.0 Å². The Bertz CT molecular complexity index is 1810. The molecule has 0 rings (SSSR count). The maximum Gasteiger partial charge on any atom is 0.472 e. The van der Waals surface area contributed by atoms with Gasteiger partial charge in [0.25, 0.3) is 0 Å². The third-order valence-electron chi connectivity index (χ3n) is 16.0. The minimum absolute atomic E-state index is 0.0337. The maximum atomic E-state index is 13.6. The van der Waals surface area contributed by atoms with Crippen LogP contribution in [0.5, 0.6) is 0 Å². The number of amides is 1. The number of quaternary nitrogens is 1. The number of unbranched alkanes of at least 4 members (excludes halogenated alkanes) is 36. The van der Waals surface area contributed by atoms with Gasteiger partial charge in [0.05, 0.1) is 33.8 Å². The van der Waals surface area contributed by atoms with Crippen molar-refractivity contribution in [2.45, 2.75) is 341 Å². The third-order valence-corrected chi connectivity index (χ3v) is 17.0. The number of carbonyl (C=O) groups is 2. The number of nitrogens with zero attached hydrogens (tertiary/aromatic N) is 1. The predicted molar refractivity (Wildman–Crippen MR) is 378 cm³/mol. The molecule has 10 heteroatoms. The van der Waals surface area contributed by atoms with Crippen LogP contribution in [0.1, 0.15) is 329 Å². The second kappa shape index (κ2) is 65.9. The first kappa shape index (κ1) is 83.9. The smallest absolute Gasteiger partial charge is 0.456 e. The quantitative estimate of drug-likeness (QED) is 0.0205. The fourth-order valence-electron chi connectivity index (χ4n) is 10.3. The summed E-state index contributed by atoms with van der Waals surface area (Å²) in [5.41, 5.74) is 0. The second-order valence-electron chi connectivity index (χ2n) is 25.8. The first-order chi connectivity index (χ1) is 42.4. The summed E-state index contributed by atoms with van der Waals surface area (Å²) in [4.78, 5) is 38.0. The van der Waals surface area contributed by atoms with Crippen molar-refractivity contribution in [3.63, 3.8) is 0 Å². The molecule has 0 aromatic rings. The molecule has 0 aliphatic carbocycles. The lowest BCUT2D eigenvalue weighted by atomic mass is 10.0. The van der Waals surface area contributed by atoms with Crippen molar-refractivity contribution in [2.24, 2.45) is 0 Å². The monoisotopic (exact) mass is 1240 g/mol. The molecular weight excluding hydrogens is 1100 g/mol. The Hall–Kier alpha value is -3.07. The van der Waals surface area contributed by atoms with Gasteiger partial charge in [0.1, 0.15) is 19.3 Å². The van der Waals surface area contributed by atoms with Crippen LogP contribution < -0.4 is 5.32 Å². The number of allylic oxidation sites excluding steroid dienone is 15. The average Bonchev–Trinajstić information content (AvgIpc) is 3.70. The lowest BCUT2D eigenvalue weighted by molar-refractivity contribution is -0.870. The summed E-state index contributed by atoms with van der Waals surface area (Å²) in [7, 11) is 1.48. The van der Waals surface area contributed by atoms with Crippen LogP contribution in [0.15, 0.2) is 97.2 Å². The highest BCUT2D eigenvalue weighted by molar-refractivity contribution is 7.47. The Kier molecular flexibility index (Phi) is 63.5. The molecule has 2 N–H and O–H groups in total. The molecule has 0 fully saturated rings. The van der Waals surface area contributed by atoms with E-state index in [1.165, 1.54) is 186 Å². The van der Waals surface area contributed by atoms with Gasteiger partial charge in [0, 0.05) is 12.8 Å². The van der Waals surface area contributed by atoms with Crippen LogP contribution in [0.2, 0.25) is 0 Å². The van der Waals surface area contributed by atoms with E-state index in [4.69, 9.17) is 13.8 Å². The predicted octanol–water partition coefficient (Wildman–Crippen LogP) is 23.5. The van der Waals surface area contributed by atoms with Crippen molar-refractivity contribution in [3.05, 3.63) is 97.2 Å². The van der Waals surface area contributed by atoms with Gasteiger partial charge >= 0.3 is 13.8 Å². The number of rotatable bonds is 66. The van der Waals surface area contributed by atoms with Gasteiger partial charge in [-0.05, 0) is 115 Å². The molecule has 0 aromatic heterocycles. The molecule has 0 saturated carbocycles. The molecule has 0 radical (unpaired) electrons. The largest absolute Gasteiger partial charge is 0.472 e. The van der Waals surface area contributed by atoms with Crippen molar-refractivity contribution in [1.29, 1.82) is 0 Å². The molecule has 0 spiro atoms. The van der Waals surface area contributed by atoms with E-state index in [0.717, 1.165) is 103 Å². The minimum Gasteiger partial charge on any atom is -0.456 e. The van der Waals surface area contributed by atoms with Gasteiger partial charge in [0.2, 0.25) is 5.91 Å². The van der Waals surface area contributed by atoms with E-state index in [-0.39, 0.29) is 31.5 Å². The molecular formula is C77H140N2O7P+. The highest BCUT2D eigenvalue weighted by atomic mass is 31.2. The number of esters is 1. The zero-order valence-corrected chi connectivity index (χ0v) is 58.6. The second-order valence-corrected chi connectivity index (χ2v) is 27.2. The van der Waals surface area contributed by atoms with Crippen LogP contribution in [0.4, 0.5) is 0 Å². The molecule has 3 unspecified atom stereocenters. The number of phosphoric ester groups is 1. The zero-order valence-electron chi connectivity index (χ0n) is 57.7. The molecule has 1 amide bonds. The highest BCUT2D eigenvalue weighted by Crippen LogP contribution is 2.43.